The fourth-order valence-electron chi connectivity index (χ4n) is 7.14. The molecule has 0 aliphatic heterocycles. The quantitative estimate of drug-likeness (QED) is 0.0278. The number of carboxylic acids is 1. The highest BCUT2D eigenvalue weighted by atomic mass is 32.2. The molecule has 0 saturated carbocycles. The molecule has 0 aromatic heterocycles. The molecular formula is C48H76F3N13O18S. The third-order valence-corrected chi connectivity index (χ3v) is 13.5. The van der Waals surface area contributed by atoms with E-state index in [1.165, 1.54) is 6.92 Å². The number of aliphatic hydroxyl groups excluding tert-OH is 3. The third-order valence-electron chi connectivity index (χ3n) is 11.6. The third kappa shape index (κ3) is 28.1. The number of carbonyl (C=O) groups excluding carboxylic acids is 11. The van der Waals surface area contributed by atoms with Crippen molar-refractivity contribution in [1.29, 1.82) is 0 Å². The minimum Gasteiger partial charge on any atom is -0.475 e. The maximum Gasteiger partial charge on any atom is 0.490 e. The van der Waals surface area contributed by atoms with E-state index < -0.39 is 199 Å². The van der Waals surface area contributed by atoms with Crippen molar-refractivity contribution in [1.82, 2.24) is 46.8 Å². The lowest BCUT2D eigenvalue weighted by molar-refractivity contribution is -0.192. The number of carbonyl (C=O) groups is 12. The van der Waals surface area contributed by atoms with E-state index in [-0.39, 0.29) is 18.8 Å². The van der Waals surface area contributed by atoms with Crippen LogP contribution < -0.4 is 65.5 Å². The van der Waals surface area contributed by atoms with Crippen molar-refractivity contribution in [3.05, 3.63) is 48.6 Å². The minimum atomic E-state index is -5.08. The maximum absolute atomic E-state index is 14.0. The number of sulfonamides is 1. The van der Waals surface area contributed by atoms with E-state index in [0.29, 0.717) is 16.3 Å². The number of hydrogen-bond acceptors (Lipinski definition) is 18. The molecule has 0 saturated heterocycles. The summed E-state index contributed by atoms with van der Waals surface area (Å²) >= 11 is 0. The van der Waals surface area contributed by atoms with Gasteiger partial charge in [-0.05, 0) is 30.7 Å². The number of benzene rings is 1. The molecule has 0 aliphatic rings. The Morgan fingerprint density at radius 3 is 1.61 bits per heavy atom. The molecule has 0 radical (unpaired) electrons. The summed E-state index contributed by atoms with van der Waals surface area (Å²) in [5.74, 6) is -15.8. The molecule has 0 bridgehead atoms. The van der Waals surface area contributed by atoms with Crippen molar-refractivity contribution in [2.45, 2.75) is 127 Å². The Balaban J connectivity index is 0.00000897. The number of aliphatic hydroxyl groups is 3. The number of halogens is 3. The van der Waals surface area contributed by atoms with E-state index in [9.17, 15) is 89.6 Å². The van der Waals surface area contributed by atoms with Crippen molar-refractivity contribution in [2.75, 3.05) is 38.7 Å². The van der Waals surface area contributed by atoms with Gasteiger partial charge in [-0.2, -0.15) is 17.5 Å². The fourth-order valence-corrected chi connectivity index (χ4v) is 8.94. The second kappa shape index (κ2) is 36.6. The maximum atomic E-state index is 14.0. The van der Waals surface area contributed by atoms with Gasteiger partial charge >= 0.3 is 12.1 Å². The van der Waals surface area contributed by atoms with Crippen LogP contribution in [-0.2, 0) is 74.0 Å². The van der Waals surface area contributed by atoms with E-state index in [1.807, 2.05) is 0 Å². The number of nitrogens with one attached hydrogen (secondary N) is 8. The topological polar surface area (TPSA) is 523 Å². The predicted octanol–water partition coefficient (Wildman–Crippen LogP) is -6.79. The lowest BCUT2D eigenvalue weighted by atomic mass is 9.97. The van der Waals surface area contributed by atoms with Crippen molar-refractivity contribution < 1.29 is 99.5 Å². The van der Waals surface area contributed by atoms with Crippen molar-refractivity contribution in [3.63, 3.8) is 0 Å². The highest BCUT2D eigenvalue weighted by molar-refractivity contribution is 7.89. The Hall–Kier alpha value is -7.86. The molecule has 0 heterocycles. The van der Waals surface area contributed by atoms with E-state index in [0.717, 1.165) is 6.08 Å². The van der Waals surface area contributed by atoms with Crippen LogP contribution >= 0.6 is 0 Å². The summed E-state index contributed by atoms with van der Waals surface area (Å²) in [6.45, 7) is 7.56. The van der Waals surface area contributed by atoms with Gasteiger partial charge in [-0.25, -0.2) is 13.2 Å². The number of nitrogens with two attached hydrogens (primary N) is 4. The summed E-state index contributed by atoms with van der Waals surface area (Å²) in [5, 5.41) is 54.7. The molecule has 0 fully saturated rings. The Kier molecular flexibility index (Phi) is 33.1. The molecule has 31 nitrogen and oxygen atoms in total. The van der Waals surface area contributed by atoms with Crippen LogP contribution in [0.2, 0.25) is 0 Å². The minimum absolute atomic E-state index is 0.0688. The molecule has 1 aromatic rings. The molecule has 468 valence electrons. The largest absolute Gasteiger partial charge is 0.490 e. The first-order valence-corrected chi connectivity index (χ1v) is 26.9. The summed E-state index contributed by atoms with van der Waals surface area (Å²) in [7, 11) is -4.56. The van der Waals surface area contributed by atoms with Gasteiger partial charge in [-0.15, -0.1) is 6.58 Å². The lowest BCUT2D eigenvalue weighted by Crippen LogP contribution is -2.60. The zero-order valence-corrected chi connectivity index (χ0v) is 46.9. The predicted molar refractivity (Wildman–Crippen MR) is 285 cm³/mol. The summed E-state index contributed by atoms with van der Waals surface area (Å²) in [6, 6.07) is -5.61. The van der Waals surface area contributed by atoms with Crippen LogP contribution in [0, 0.1) is 11.8 Å². The Bertz CT molecular complexity index is 2530. The first-order valence-electron chi connectivity index (χ1n) is 25.3. The SMILES string of the molecule is C=CCN([C@@H](CO)C(=O)N[C@@H](CO)C(N)=O)S(=O)(=O)C[C@H](CC(C)C)NC(=O)[C@@H](NC(=O)[C@H](C)NC(=O)CNC(=O)[C@H](Cc1ccccc1)NC(=O)[C@H](CC(N)=O)NC(=O)[C@H](CC(N)=O)NC(=O)[C@@H](N)CO)[C@@H](C)CC.O=C(O)C(F)(F)F. The monoisotopic (exact) mass is 1210 g/mol. The molecular weight excluding hydrogens is 1140 g/mol. The van der Waals surface area contributed by atoms with Crippen LogP contribution in [0.5, 0.6) is 0 Å². The number of amides is 11. The molecule has 11 amide bonds. The molecule has 83 heavy (non-hydrogen) atoms. The van der Waals surface area contributed by atoms with Gasteiger partial charge in [0.05, 0.1) is 45.0 Å². The van der Waals surface area contributed by atoms with Crippen LogP contribution in [0.3, 0.4) is 0 Å². The van der Waals surface area contributed by atoms with Gasteiger partial charge in [0.25, 0.3) is 0 Å². The first kappa shape index (κ1) is 75.1. The van der Waals surface area contributed by atoms with E-state index in [1.54, 1.807) is 58.0 Å². The number of primary amides is 3. The molecule has 1 aromatic carbocycles. The zero-order chi connectivity index (χ0) is 64.1. The molecule has 20 N–H and O–H groups in total. The number of rotatable bonds is 36. The van der Waals surface area contributed by atoms with Crippen LogP contribution in [-0.4, -0.2) is 203 Å². The Morgan fingerprint density at radius 2 is 1.18 bits per heavy atom. The van der Waals surface area contributed by atoms with E-state index >= 15 is 0 Å². The smallest absolute Gasteiger partial charge is 0.475 e. The van der Waals surface area contributed by atoms with Crippen LogP contribution in [0.1, 0.15) is 65.9 Å². The number of hydrogen-bond donors (Lipinski definition) is 16. The van der Waals surface area contributed by atoms with Gasteiger partial charge in [0.2, 0.25) is 75.0 Å². The molecule has 0 spiro atoms. The average Bonchev–Trinajstić information content (AvgIpc) is 3.59. The summed E-state index contributed by atoms with van der Waals surface area (Å²) in [6.07, 6.45) is -5.40. The molecule has 0 aliphatic carbocycles. The first-order chi connectivity index (χ1) is 38.5. The fraction of sp³-hybridized carbons (Fsp3) is 0.583. The number of aliphatic carboxylic acids is 1. The molecule has 10 atom stereocenters. The van der Waals surface area contributed by atoms with Crippen molar-refractivity contribution in [3.8, 4) is 0 Å². The van der Waals surface area contributed by atoms with Gasteiger partial charge in [0.15, 0.2) is 0 Å². The number of nitrogens with zero attached hydrogens (tertiary/aromatic N) is 1. The van der Waals surface area contributed by atoms with E-state index in [4.69, 9.17) is 32.8 Å². The summed E-state index contributed by atoms with van der Waals surface area (Å²) in [4.78, 5) is 151. The summed E-state index contributed by atoms with van der Waals surface area (Å²) in [5.41, 5.74) is 21.8. The number of carboxylic acid groups (broad SMARTS) is 1. The lowest BCUT2D eigenvalue weighted by Gasteiger charge is -2.32. The summed E-state index contributed by atoms with van der Waals surface area (Å²) < 4.78 is 60.3. The Morgan fingerprint density at radius 1 is 0.675 bits per heavy atom. The van der Waals surface area contributed by atoms with Gasteiger partial charge in [-0.3, -0.25) is 52.7 Å². The molecule has 35 heteroatoms. The van der Waals surface area contributed by atoms with Crippen molar-refractivity contribution in [2.24, 2.45) is 34.8 Å². The molecule has 1 rings (SSSR count). The normalized spacial score (nSPS) is 15.0. The zero-order valence-electron chi connectivity index (χ0n) is 46.1. The van der Waals surface area contributed by atoms with Gasteiger partial charge in [0.1, 0.15) is 48.3 Å². The van der Waals surface area contributed by atoms with Crippen LogP contribution in [0.4, 0.5) is 13.2 Å². The second-order valence-electron chi connectivity index (χ2n) is 19.0. The Labute approximate surface area is 475 Å². The second-order valence-corrected chi connectivity index (χ2v) is 21.0. The van der Waals surface area contributed by atoms with Gasteiger partial charge in [-0.1, -0.05) is 70.5 Å². The van der Waals surface area contributed by atoms with Gasteiger partial charge < -0.3 is 85.9 Å². The highest BCUT2D eigenvalue weighted by Gasteiger charge is 2.40. The highest BCUT2D eigenvalue weighted by Crippen LogP contribution is 2.17. The van der Waals surface area contributed by atoms with Crippen molar-refractivity contribution >= 4 is 81.0 Å². The molecule has 0 unspecified atom stereocenters. The van der Waals surface area contributed by atoms with Crippen LogP contribution in [0.15, 0.2) is 43.0 Å². The van der Waals surface area contributed by atoms with E-state index in [2.05, 4.69) is 49.1 Å². The number of alkyl halides is 3. The standard InChI is InChI=1S/C46H75N13O16S.C2HF3O2/c1-7-14-59(34(22-62)45(72)57-33(21-61)39(50)66)76(74,75)23-28(15-24(3)4)53-46(73)38(25(5)8-2)58-40(67)26(6)52-37(65)19-51-42(69)30(16-27-12-10-9-11-13-27)55-44(71)32(18-36(49)64)56-43(70)31(17-35(48)63)54-41(68)29(47)20-60;3-2(4,5)1(6)7/h7,9-13,24-26,28-34,38,60-62H,1,8,14-23,47H2,2-6H3,(H2,48,63)(H2,49,64)(H2,50,66)(H,51,69)(H,52,65)(H,53,73)(H,54,68)(H,55,71)(H,56,70)(H,57,72)(H,58,67);(H,6,7)/t25-,26-,28-,29-,30-,31-,32-,33-,34-,38-;/m0./s1. The average molecular weight is 1210 g/mol. The van der Waals surface area contributed by atoms with Gasteiger partial charge in [0, 0.05) is 19.0 Å². The van der Waals surface area contributed by atoms with Crippen LogP contribution in [0.25, 0.3) is 0 Å².